The molecule has 1 aliphatic rings. The molecule has 0 aliphatic heterocycles. The number of nitrogens with zero attached hydrogens (tertiary/aromatic N) is 1. The van der Waals surface area contributed by atoms with E-state index in [-0.39, 0.29) is 5.75 Å². The van der Waals surface area contributed by atoms with Crippen LogP contribution in [-0.2, 0) is 17.7 Å². The van der Waals surface area contributed by atoms with Gasteiger partial charge in [-0.05, 0) is 24.5 Å². The minimum atomic E-state index is 0.261. The lowest BCUT2D eigenvalue weighted by Crippen LogP contribution is -2.14. The van der Waals surface area contributed by atoms with Crippen LogP contribution in [0, 0.1) is 0 Å². The number of phenolic OH excluding ortho intramolecular Hbond substituents is 1. The molecule has 4 nitrogen and oxygen atoms in total. The van der Waals surface area contributed by atoms with Crippen molar-refractivity contribution in [3.63, 3.8) is 0 Å². The van der Waals surface area contributed by atoms with Gasteiger partial charge in [-0.1, -0.05) is 11.2 Å². The molecule has 0 unspecified atom stereocenters. The van der Waals surface area contributed by atoms with Crippen LogP contribution in [0.5, 0.6) is 11.5 Å². The average Bonchev–Trinajstić information content (AvgIpc) is 2.30. The third kappa shape index (κ3) is 1.83. The number of oxime groups is 1. The molecule has 0 saturated carbocycles. The second kappa shape index (κ2) is 4.43. The van der Waals surface area contributed by atoms with Gasteiger partial charge in [-0.25, -0.2) is 0 Å². The molecule has 0 radical (unpaired) electrons. The number of fused-ring (bicyclic) bond motifs is 1. The number of rotatable bonds is 2. The molecule has 0 atom stereocenters. The standard InChI is InChI=1S/C12H15NO3/c1-15-11-6-3-8-7-9(13-16-2)4-5-10(8)12(11)14/h3,6,14H,4-5,7H2,1-2H3/b13-9+. The van der Waals surface area contributed by atoms with Gasteiger partial charge in [-0.3, -0.25) is 0 Å². The highest BCUT2D eigenvalue weighted by Crippen LogP contribution is 2.35. The highest BCUT2D eigenvalue weighted by molar-refractivity contribution is 5.88. The molecular weight excluding hydrogens is 206 g/mol. The van der Waals surface area contributed by atoms with Crippen molar-refractivity contribution in [1.82, 2.24) is 0 Å². The summed E-state index contributed by atoms with van der Waals surface area (Å²) in [7, 11) is 3.11. The fourth-order valence-corrected chi connectivity index (χ4v) is 2.05. The van der Waals surface area contributed by atoms with Gasteiger partial charge in [0.25, 0.3) is 0 Å². The second-order valence-electron chi connectivity index (χ2n) is 3.77. The van der Waals surface area contributed by atoms with Crippen LogP contribution in [0.25, 0.3) is 0 Å². The monoisotopic (exact) mass is 221 g/mol. The van der Waals surface area contributed by atoms with Crippen LogP contribution in [0.15, 0.2) is 17.3 Å². The Morgan fingerprint density at radius 3 is 2.75 bits per heavy atom. The summed E-state index contributed by atoms with van der Waals surface area (Å²) in [5, 5.41) is 13.9. The van der Waals surface area contributed by atoms with Crippen molar-refractivity contribution < 1.29 is 14.7 Å². The molecule has 4 heteroatoms. The van der Waals surface area contributed by atoms with Gasteiger partial charge in [0.15, 0.2) is 11.5 Å². The summed E-state index contributed by atoms with van der Waals surface area (Å²) in [6.07, 6.45) is 2.34. The minimum absolute atomic E-state index is 0.261. The van der Waals surface area contributed by atoms with Gasteiger partial charge in [0.1, 0.15) is 7.11 Å². The summed E-state index contributed by atoms with van der Waals surface area (Å²) < 4.78 is 5.08. The van der Waals surface area contributed by atoms with E-state index in [1.165, 1.54) is 0 Å². The van der Waals surface area contributed by atoms with Crippen LogP contribution in [0.4, 0.5) is 0 Å². The average molecular weight is 221 g/mol. The molecule has 1 N–H and O–H groups in total. The van der Waals surface area contributed by atoms with Gasteiger partial charge in [0.2, 0.25) is 0 Å². The summed E-state index contributed by atoms with van der Waals surface area (Å²) in [5.74, 6) is 0.794. The van der Waals surface area contributed by atoms with Crippen molar-refractivity contribution in [3.8, 4) is 11.5 Å². The minimum Gasteiger partial charge on any atom is -0.504 e. The lowest BCUT2D eigenvalue weighted by molar-refractivity contribution is 0.211. The van der Waals surface area contributed by atoms with Crippen molar-refractivity contribution in [2.45, 2.75) is 19.3 Å². The Morgan fingerprint density at radius 1 is 1.25 bits per heavy atom. The Bertz CT molecular complexity index is 427. The predicted octanol–water partition coefficient (Wildman–Crippen LogP) is 1.89. The Morgan fingerprint density at radius 2 is 2.06 bits per heavy atom. The number of methoxy groups -OCH3 is 1. The first-order chi connectivity index (χ1) is 7.76. The zero-order chi connectivity index (χ0) is 11.5. The molecule has 1 aromatic carbocycles. The number of phenols is 1. The van der Waals surface area contributed by atoms with E-state index in [1.54, 1.807) is 20.3 Å². The molecule has 0 heterocycles. The predicted molar refractivity (Wildman–Crippen MR) is 61.1 cm³/mol. The van der Waals surface area contributed by atoms with E-state index >= 15 is 0 Å². The molecule has 0 fully saturated rings. The van der Waals surface area contributed by atoms with Gasteiger partial charge in [-0.2, -0.15) is 0 Å². The second-order valence-corrected chi connectivity index (χ2v) is 3.77. The smallest absolute Gasteiger partial charge is 0.161 e. The zero-order valence-electron chi connectivity index (χ0n) is 9.49. The van der Waals surface area contributed by atoms with Gasteiger partial charge >= 0.3 is 0 Å². The topological polar surface area (TPSA) is 51.0 Å². The third-order valence-corrected chi connectivity index (χ3v) is 2.84. The molecule has 0 amide bonds. The van der Waals surface area contributed by atoms with Crippen LogP contribution >= 0.6 is 0 Å². The van der Waals surface area contributed by atoms with E-state index in [4.69, 9.17) is 9.57 Å². The molecule has 1 aliphatic carbocycles. The van der Waals surface area contributed by atoms with Gasteiger partial charge < -0.3 is 14.7 Å². The maximum atomic E-state index is 9.95. The summed E-state index contributed by atoms with van der Waals surface area (Å²) in [5.41, 5.74) is 3.08. The first kappa shape index (κ1) is 10.8. The van der Waals surface area contributed by atoms with E-state index in [0.29, 0.717) is 5.75 Å². The molecule has 86 valence electrons. The van der Waals surface area contributed by atoms with Crippen molar-refractivity contribution >= 4 is 5.71 Å². The molecule has 16 heavy (non-hydrogen) atoms. The molecule has 2 rings (SSSR count). The molecular formula is C12H15NO3. The lowest BCUT2D eigenvalue weighted by atomic mass is 9.89. The lowest BCUT2D eigenvalue weighted by Gasteiger charge is -2.19. The van der Waals surface area contributed by atoms with E-state index in [9.17, 15) is 5.11 Å². The van der Waals surface area contributed by atoms with Crippen LogP contribution in [0.2, 0.25) is 0 Å². The van der Waals surface area contributed by atoms with Crippen molar-refractivity contribution in [2.75, 3.05) is 14.2 Å². The van der Waals surface area contributed by atoms with E-state index in [2.05, 4.69) is 5.16 Å². The molecule has 0 saturated heterocycles. The first-order valence-electron chi connectivity index (χ1n) is 5.23. The van der Waals surface area contributed by atoms with Crippen molar-refractivity contribution in [1.29, 1.82) is 0 Å². The van der Waals surface area contributed by atoms with E-state index < -0.39 is 0 Å². The third-order valence-electron chi connectivity index (χ3n) is 2.84. The maximum absolute atomic E-state index is 9.95. The number of aromatic hydroxyl groups is 1. The van der Waals surface area contributed by atoms with Gasteiger partial charge in [0.05, 0.1) is 12.8 Å². The Balaban J connectivity index is 2.35. The summed E-state index contributed by atoms with van der Waals surface area (Å²) in [4.78, 5) is 4.77. The van der Waals surface area contributed by atoms with E-state index in [1.807, 2.05) is 6.07 Å². The molecule has 0 aromatic heterocycles. The fraction of sp³-hybridized carbons (Fsp3) is 0.417. The number of ether oxygens (including phenoxy) is 1. The molecule has 0 bridgehead atoms. The largest absolute Gasteiger partial charge is 0.504 e. The quantitative estimate of drug-likeness (QED) is 0.776. The highest BCUT2D eigenvalue weighted by atomic mass is 16.6. The number of hydrogen-bond donors (Lipinski definition) is 1. The number of benzene rings is 1. The summed E-state index contributed by atoms with van der Waals surface area (Å²) >= 11 is 0. The SMILES string of the molecule is CO/N=C1\CCc2c(ccc(OC)c2O)C1. The first-order valence-corrected chi connectivity index (χ1v) is 5.23. The van der Waals surface area contributed by atoms with Crippen LogP contribution in [0.1, 0.15) is 17.5 Å². The van der Waals surface area contributed by atoms with Gasteiger partial charge in [-0.15, -0.1) is 0 Å². The van der Waals surface area contributed by atoms with E-state index in [0.717, 1.165) is 36.1 Å². The zero-order valence-corrected chi connectivity index (χ0v) is 9.49. The maximum Gasteiger partial charge on any atom is 0.161 e. The Hall–Kier alpha value is -1.71. The summed E-state index contributed by atoms with van der Waals surface area (Å²) in [6.45, 7) is 0. The highest BCUT2D eigenvalue weighted by Gasteiger charge is 2.20. The molecule has 1 aromatic rings. The van der Waals surface area contributed by atoms with Crippen LogP contribution in [0.3, 0.4) is 0 Å². The van der Waals surface area contributed by atoms with Crippen LogP contribution < -0.4 is 4.74 Å². The fourth-order valence-electron chi connectivity index (χ4n) is 2.05. The normalized spacial score (nSPS) is 17.0. The van der Waals surface area contributed by atoms with Crippen molar-refractivity contribution in [3.05, 3.63) is 23.3 Å². The number of hydrogen-bond acceptors (Lipinski definition) is 4. The Labute approximate surface area is 94.5 Å². The summed E-state index contributed by atoms with van der Waals surface area (Å²) in [6, 6.07) is 3.75. The Kier molecular flexibility index (Phi) is 2.99. The van der Waals surface area contributed by atoms with Crippen molar-refractivity contribution in [2.24, 2.45) is 5.16 Å². The van der Waals surface area contributed by atoms with Crippen LogP contribution in [-0.4, -0.2) is 25.0 Å². The molecule has 0 spiro atoms. The van der Waals surface area contributed by atoms with Gasteiger partial charge in [0, 0.05) is 12.0 Å².